The molecule has 1 saturated heterocycles. The van der Waals surface area contributed by atoms with Gasteiger partial charge in [0.05, 0.1) is 5.69 Å². The lowest BCUT2D eigenvalue weighted by Crippen LogP contribution is -2.49. The molecule has 0 saturated carbocycles. The zero-order valence-electron chi connectivity index (χ0n) is 17.1. The van der Waals surface area contributed by atoms with Gasteiger partial charge >= 0.3 is 0 Å². The number of aromatic nitrogens is 3. The Bertz CT molecular complexity index is 1010. The largest absolute Gasteiger partial charge is 0.352 e. The summed E-state index contributed by atoms with van der Waals surface area (Å²) in [5.74, 6) is 0.831. The molecule has 0 radical (unpaired) electrons. The standard InChI is InChI=1S/C23H25N5O/c1-16-14-18(3)19(15-17(16)2)20-7-8-22(26-25-20)27-10-12-28(13-11-27)23(29)21-6-4-5-9-24-21/h4-9,14-15H,10-13H2,1-3H3. The number of aryl methyl sites for hydroxylation is 3. The number of rotatable bonds is 3. The van der Waals surface area contributed by atoms with E-state index in [1.807, 2.05) is 29.2 Å². The SMILES string of the molecule is Cc1cc(C)c(-c2ccc(N3CCN(C(=O)c4ccccn4)CC3)nn2)cc1C. The quantitative estimate of drug-likeness (QED) is 0.689. The van der Waals surface area contributed by atoms with E-state index in [2.05, 4.69) is 53.0 Å². The molecule has 148 valence electrons. The molecule has 3 aromatic rings. The van der Waals surface area contributed by atoms with Crippen molar-refractivity contribution in [2.75, 3.05) is 31.1 Å². The molecule has 6 heteroatoms. The summed E-state index contributed by atoms with van der Waals surface area (Å²) in [6.45, 7) is 9.11. The van der Waals surface area contributed by atoms with Gasteiger partial charge in [-0.1, -0.05) is 12.1 Å². The van der Waals surface area contributed by atoms with E-state index < -0.39 is 0 Å². The van der Waals surface area contributed by atoms with E-state index in [9.17, 15) is 4.79 Å². The second kappa shape index (κ2) is 7.99. The van der Waals surface area contributed by atoms with Crippen molar-refractivity contribution in [2.24, 2.45) is 0 Å². The Labute approximate surface area is 171 Å². The second-order valence-electron chi connectivity index (χ2n) is 7.52. The van der Waals surface area contributed by atoms with E-state index in [0.29, 0.717) is 18.8 Å². The van der Waals surface area contributed by atoms with Crippen LogP contribution >= 0.6 is 0 Å². The normalized spacial score (nSPS) is 14.2. The molecule has 29 heavy (non-hydrogen) atoms. The molecule has 1 amide bonds. The molecule has 0 N–H and O–H groups in total. The Kier molecular flexibility index (Phi) is 5.25. The predicted molar refractivity (Wildman–Crippen MR) is 114 cm³/mol. The highest BCUT2D eigenvalue weighted by molar-refractivity contribution is 5.92. The van der Waals surface area contributed by atoms with Crippen molar-refractivity contribution in [3.8, 4) is 11.3 Å². The molecule has 1 aliphatic rings. The number of hydrogen-bond donors (Lipinski definition) is 0. The summed E-state index contributed by atoms with van der Waals surface area (Å²) < 4.78 is 0. The van der Waals surface area contributed by atoms with Crippen LogP contribution in [0.3, 0.4) is 0 Å². The van der Waals surface area contributed by atoms with Crippen LogP contribution in [-0.2, 0) is 0 Å². The number of benzene rings is 1. The third kappa shape index (κ3) is 3.97. The maximum atomic E-state index is 12.5. The maximum Gasteiger partial charge on any atom is 0.272 e. The Morgan fingerprint density at radius 2 is 1.62 bits per heavy atom. The average molecular weight is 387 g/mol. The van der Waals surface area contributed by atoms with Crippen LogP contribution in [0.4, 0.5) is 5.82 Å². The van der Waals surface area contributed by atoms with Crippen LogP contribution in [0.1, 0.15) is 27.2 Å². The van der Waals surface area contributed by atoms with Gasteiger partial charge in [0.25, 0.3) is 5.91 Å². The number of pyridine rings is 1. The fourth-order valence-corrected chi connectivity index (χ4v) is 3.66. The average Bonchev–Trinajstić information content (AvgIpc) is 2.77. The molecule has 1 aromatic carbocycles. The molecular weight excluding hydrogens is 362 g/mol. The molecular formula is C23H25N5O. The van der Waals surface area contributed by atoms with Crippen LogP contribution in [0, 0.1) is 20.8 Å². The molecule has 0 unspecified atom stereocenters. The first-order valence-electron chi connectivity index (χ1n) is 9.90. The summed E-state index contributed by atoms with van der Waals surface area (Å²) in [7, 11) is 0. The second-order valence-corrected chi connectivity index (χ2v) is 7.52. The molecule has 6 nitrogen and oxygen atoms in total. The van der Waals surface area contributed by atoms with Crippen LogP contribution in [0.5, 0.6) is 0 Å². The molecule has 0 bridgehead atoms. The van der Waals surface area contributed by atoms with Gasteiger partial charge in [-0.25, -0.2) is 0 Å². The number of nitrogens with zero attached hydrogens (tertiary/aromatic N) is 5. The van der Waals surface area contributed by atoms with Gasteiger partial charge < -0.3 is 9.80 Å². The van der Waals surface area contributed by atoms with Crippen molar-refractivity contribution in [2.45, 2.75) is 20.8 Å². The number of hydrogen-bond acceptors (Lipinski definition) is 5. The van der Waals surface area contributed by atoms with Crippen molar-refractivity contribution in [3.05, 3.63) is 71.0 Å². The summed E-state index contributed by atoms with van der Waals surface area (Å²) in [5.41, 5.74) is 6.25. The summed E-state index contributed by atoms with van der Waals surface area (Å²) in [6.07, 6.45) is 1.65. The van der Waals surface area contributed by atoms with Crippen molar-refractivity contribution < 1.29 is 4.79 Å². The third-order valence-corrected chi connectivity index (χ3v) is 5.54. The summed E-state index contributed by atoms with van der Waals surface area (Å²) >= 11 is 0. The van der Waals surface area contributed by atoms with Crippen molar-refractivity contribution >= 4 is 11.7 Å². The van der Waals surface area contributed by atoms with Gasteiger partial charge in [-0.15, -0.1) is 10.2 Å². The highest BCUT2D eigenvalue weighted by Crippen LogP contribution is 2.25. The Hall–Kier alpha value is -3.28. The zero-order chi connectivity index (χ0) is 20.4. The lowest BCUT2D eigenvalue weighted by Gasteiger charge is -2.35. The smallest absolute Gasteiger partial charge is 0.272 e. The molecule has 2 aromatic heterocycles. The number of carbonyl (C=O) groups excluding carboxylic acids is 1. The van der Waals surface area contributed by atoms with Gasteiger partial charge in [0, 0.05) is 37.9 Å². The first-order valence-corrected chi connectivity index (χ1v) is 9.90. The van der Waals surface area contributed by atoms with Gasteiger partial charge in [0.15, 0.2) is 5.82 Å². The van der Waals surface area contributed by atoms with Crippen LogP contribution in [0.2, 0.25) is 0 Å². The van der Waals surface area contributed by atoms with Gasteiger partial charge in [-0.3, -0.25) is 9.78 Å². The minimum absolute atomic E-state index is 0.0168. The first kappa shape index (κ1) is 19.1. The summed E-state index contributed by atoms with van der Waals surface area (Å²) in [5, 5.41) is 8.94. The van der Waals surface area contributed by atoms with Crippen LogP contribution < -0.4 is 4.90 Å². The van der Waals surface area contributed by atoms with Crippen molar-refractivity contribution in [3.63, 3.8) is 0 Å². The number of amides is 1. The molecule has 3 heterocycles. The topological polar surface area (TPSA) is 62.2 Å². The highest BCUT2D eigenvalue weighted by Gasteiger charge is 2.23. The predicted octanol–water partition coefficient (Wildman–Crippen LogP) is 3.43. The molecule has 4 rings (SSSR count). The highest BCUT2D eigenvalue weighted by atomic mass is 16.2. The minimum Gasteiger partial charge on any atom is -0.352 e. The molecule has 0 atom stereocenters. The molecule has 1 fully saturated rings. The minimum atomic E-state index is -0.0168. The van der Waals surface area contributed by atoms with E-state index in [1.54, 1.807) is 12.3 Å². The summed E-state index contributed by atoms with van der Waals surface area (Å²) in [4.78, 5) is 20.7. The lowest BCUT2D eigenvalue weighted by atomic mass is 9.99. The number of piperazine rings is 1. The monoisotopic (exact) mass is 387 g/mol. The van der Waals surface area contributed by atoms with Crippen LogP contribution in [0.25, 0.3) is 11.3 Å². The third-order valence-electron chi connectivity index (χ3n) is 5.54. The van der Waals surface area contributed by atoms with Crippen molar-refractivity contribution in [1.82, 2.24) is 20.1 Å². The van der Waals surface area contributed by atoms with Gasteiger partial charge in [-0.2, -0.15) is 0 Å². The van der Waals surface area contributed by atoms with E-state index in [4.69, 9.17) is 0 Å². The number of carbonyl (C=O) groups is 1. The lowest BCUT2D eigenvalue weighted by molar-refractivity contribution is 0.0740. The molecule has 0 aliphatic carbocycles. The van der Waals surface area contributed by atoms with Gasteiger partial charge in [0.2, 0.25) is 0 Å². The zero-order valence-corrected chi connectivity index (χ0v) is 17.1. The maximum absolute atomic E-state index is 12.5. The number of anilines is 1. The van der Waals surface area contributed by atoms with E-state index in [-0.39, 0.29) is 5.91 Å². The van der Waals surface area contributed by atoms with E-state index in [0.717, 1.165) is 30.2 Å². The Balaban J connectivity index is 1.43. The van der Waals surface area contributed by atoms with E-state index >= 15 is 0 Å². The fourth-order valence-electron chi connectivity index (χ4n) is 3.66. The fraction of sp³-hybridized carbons (Fsp3) is 0.304. The van der Waals surface area contributed by atoms with Crippen molar-refractivity contribution in [1.29, 1.82) is 0 Å². The first-order chi connectivity index (χ1) is 14.0. The Morgan fingerprint density at radius 3 is 2.28 bits per heavy atom. The van der Waals surface area contributed by atoms with Gasteiger partial charge in [-0.05, 0) is 67.8 Å². The molecule has 0 spiro atoms. The van der Waals surface area contributed by atoms with E-state index in [1.165, 1.54) is 16.7 Å². The van der Waals surface area contributed by atoms with Crippen LogP contribution in [-0.4, -0.2) is 52.2 Å². The van der Waals surface area contributed by atoms with Crippen LogP contribution in [0.15, 0.2) is 48.7 Å². The molecule has 1 aliphatic heterocycles. The summed E-state index contributed by atoms with van der Waals surface area (Å²) in [6, 6.07) is 13.8. The Morgan fingerprint density at radius 1 is 0.862 bits per heavy atom. The van der Waals surface area contributed by atoms with Gasteiger partial charge in [0.1, 0.15) is 5.69 Å².